The van der Waals surface area contributed by atoms with Gasteiger partial charge in [-0.15, -0.1) is 0 Å². The number of nitrogens with zero attached hydrogens (tertiary/aromatic N) is 2. The van der Waals surface area contributed by atoms with E-state index in [0.29, 0.717) is 12.6 Å². The molecule has 1 aromatic heterocycles. The summed E-state index contributed by atoms with van der Waals surface area (Å²) in [6, 6.07) is 13.1. The highest BCUT2D eigenvalue weighted by Gasteiger charge is 2.45. The minimum Gasteiger partial charge on any atom is -0.345 e. The summed E-state index contributed by atoms with van der Waals surface area (Å²) in [4.78, 5) is 26.3. The smallest absolute Gasteiger partial charge is 0.321 e. The van der Waals surface area contributed by atoms with E-state index in [9.17, 15) is 18.4 Å². The molecule has 0 bridgehead atoms. The number of carbonyl (C=O) groups excluding carboxylic acids is 2. The zero-order chi connectivity index (χ0) is 19.9. The van der Waals surface area contributed by atoms with Crippen molar-refractivity contribution in [1.82, 2.24) is 15.5 Å². The predicted octanol–water partition coefficient (Wildman–Crippen LogP) is 3.18. The molecule has 0 radical (unpaired) electrons. The number of hydrogen-bond donors (Lipinski definition) is 2. The van der Waals surface area contributed by atoms with Crippen molar-refractivity contribution in [2.45, 2.75) is 31.4 Å². The number of nitrogens with one attached hydrogen (secondary N) is 2. The fourth-order valence-corrected chi connectivity index (χ4v) is 3.57. The SMILES string of the molecule is CC(F)(F)C(=O)N[C@@H]1CC(=O)N(c2ccc3[nH]ncc3c2)[C@H]1c1ccccc1. The van der Waals surface area contributed by atoms with Gasteiger partial charge >= 0.3 is 5.92 Å². The van der Waals surface area contributed by atoms with Gasteiger partial charge in [0.05, 0.1) is 23.8 Å². The van der Waals surface area contributed by atoms with Gasteiger partial charge in [-0.25, -0.2) is 0 Å². The Balaban J connectivity index is 1.75. The summed E-state index contributed by atoms with van der Waals surface area (Å²) in [6.45, 7) is 0.543. The van der Waals surface area contributed by atoms with Gasteiger partial charge in [0.2, 0.25) is 5.91 Å². The number of halogens is 2. The Morgan fingerprint density at radius 2 is 2.00 bits per heavy atom. The molecule has 1 aliphatic heterocycles. The largest absolute Gasteiger partial charge is 0.345 e. The van der Waals surface area contributed by atoms with Gasteiger partial charge in [0.25, 0.3) is 5.91 Å². The van der Waals surface area contributed by atoms with Gasteiger partial charge in [-0.05, 0) is 23.8 Å². The van der Waals surface area contributed by atoms with Gasteiger partial charge in [0.1, 0.15) is 0 Å². The average molecular weight is 384 g/mol. The van der Waals surface area contributed by atoms with Crippen molar-refractivity contribution < 1.29 is 18.4 Å². The monoisotopic (exact) mass is 384 g/mol. The van der Waals surface area contributed by atoms with Crippen LogP contribution in [0.4, 0.5) is 14.5 Å². The number of rotatable bonds is 4. The summed E-state index contributed by atoms with van der Waals surface area (Å²) in [5, 5.41) is 10.0. The van der Waals surface area contributed by atoms with Gasteiger partial charge < -0.3 is 10.2 Å². The lowest BCUT2D eigenvalue weighted by Gasteiger charge is -2.29. The minimum atomic E-state index is -3.52. The van der Waals surface area contributed by atoms with Crippen LogP contribution in [0.1, 0.15) is 24.9 Å². The van der Waals surface area contributed by atoms with E-state index < -0.39 is 23.9 Å². The summed E-state index contributed by atoms with van der Waals surface area (Å²) in [6.07, 6.45) is 1.58. The molecule has 2 aromatic carbocycles. The molecule has 0 spiro atoms. The van der Waals surface area contributed by atoms with Crippen molar-refractivity contribution in [3.05, 3.63) is 60.3 Å². The first-order chi connectivity index (χ1) is 13.3. The lowest BCUT2D eigenvalue weighted by atomic mass is 9.99. The summed E-state index contributed by atoms with van der Waals surface area (Å²) in [7, 11) is 0. The Bertz CT molecular complexity index is 1030. The van der Waals surface area contributed by atoms with Gasteiger partial charge in [-0.2, -0.15) is 13.9 Å². The third-order valence-electron chi connectivity index (χ3n) is 4.88. The van der Waals surface area contributed by atoms with Gasteiger partial charge in [0.15, 0.2) is 0 Å². The molecule has 6 nitrogen and oxygen atoms in total. The molecule has 144 valence electrons. The molecular formula is C20H18F2N4O2. The van der Waals surface area contributed by atoms with E-state index in [1.54, 1.807) is 23.2 Å². The van der Waals surface area contributed by atoms with Crippen LogP contribution in [0, 0.1) is 0 Å². The molecule has 1 aliphatic rings. The van der Waals surface area contributed by atoms with Crippen LogP contribution in [0.2, 0.25) is 0 Å². The quantitative estimate of drug-likeness (QED) is 0.725. The van der Waals surface area contributed by atoms with Crippen LogP contribution in [-0.2, 0) is 9.59 Å². The maximum absolute atomic E-state index is 13.4. The second-order valence-corrected chi connectivity index (χ2v) is 6.93. The van der Waals surface area contributed by atoms with E-state index in [1.807, 2.05) is 36.4 Å². The average Bonchev–Trinajstić information content (AvgIpc) is 3.25. The number of H-pyrrole nitrogens is 1. The molecule has 8 heteroatoms. The molecule has 2 amide bonds. The van der Waals surface area contributed by atoms with Crippen molar-refractivity contribution in [2.24, 2.45) is 0 Å². The van der Waals surface area contributed by atoms with E-state index in [-0.39, 0.29) is 12.3 Å². The molecule has 1 saturated heterocycles. The lowest BCUT2D eigenvalue weighted by molar-refractivity contribution is -0.143. The van der Waals surface area contributed by atoms with E-state index in [1.165, 1.54) is 0 Å². The van der Waals surface area contributed by atoms with E-state index in [2.05, 4.69) is 15.5 Å². The minimum absolute atomic E-state index is 0.0647. The number of hydrogen-bond acceptors (Lipinski definition) is 3. The normalized spacial score (nSPS) is 20.0. The highest BCUT2D eigenvalue weighted by molar-refractivity contribution is 6.00. The third kappa shape index (κ3) is 3.21. The Morgan fingerprint density at radius 3 is 2.71 bits per heavy atom. The Labute approximate surface area is 159 Å². The summed E-state index contributed by atoms with van der Waals surface area (Å²) < 4.78 is 26.9. The molecular weight excluding hydrogens is 366 g/mol. The first kappa shape index (κ1) is 18.1. The van der Waals surface area contributed by atoms with Crippen molar-refractivity contribution in [3.63, 3.8) is 0 Å². The van der Waals surface area contributed by atoms with Crippen molar-refractivity contribution in [3.8, 4) is 0 Å². The zero-order valence-corrected chi connectivity index (χ0v) is 15.0. The highest BCUT2D eigenvalue weighted by atomic mass is 19.3. The van der Waals surface area contributed by atoms with Gasteiger partial charge in [0, 0.05) is 24.4 Å². The van der Waals surface area contributed by atoms with Crippen molar-refractivity contribution in [2.75, 3.05) is 4.90 Å². The number of benzene rings is 2. The second kappa shape index (κ2) is 6.70. The fraction of sp³-hybridized carbons (Fsp3) is 0.250. The van der Waals surface area contributed by atoms with Crippen molar-refractivity contribution >= 4 is 28.4 Å². The number of aromatic amines is 1. The molecule has 2 atom stereocenters. The molecule has 3 aromatic rings. The highest BCUT2D eigenvalue weighted by Crippen LogP contribution is 2.38. The molecule has 28 heavy (non-hydrogen) atoms. The second-order valence-electron chi connectivity index (χ2n) is 6.93. The third-order valence-corrected chi connectivity index (χ3v) is 4.88. The standard InChI is InChI=1S/C20H18F2N4O2/c1-20(21,22)19(28)24-16-10-17(27)26(18(16)12-5-3-2-4-6-12)14-7-8-15-13(9-14)11-23-25-15/h2-9,11,16,18H,10H2,1H3,(H,23,25)(H,24,28)/t16-,18+/m1/s1. The Kier molecular flexibility index (Phi) is 4.33. The van der Waals surface area contributed by atoms with Crippen LogP contribution in [0.5, 0.6) is 0 Å². The van der Waals surface area contributed by atoms with Crippen LogP contribution >= 0.6 is 0 Å². The van der Waals surface area contributed by atoms with Crippen LogP contribution < -0.4 is 10.2 Å². The molecule has 0 saturated carbocycles. The first-order valence-electron chi connectivity index (χ1n) is 8.83. The van der Waals surface area contributed by atoms with Crippen LogP contribution in [0.25, 0.3) is 10.9 Å². The molecule has 2 heterocycles. The first-order valence-corrected chi connectivity index (χ1v) is 8.83. The van der Waals surface area contributed by atoms with Crippen LogP contribution in [0.15, 0.2) is 54.7 Å². The predicted molar refractivity (Wildman–Crippen MR) is 99.9 cm³/mol. The fourth-order valence-electron chi connectivity index (χ4n) is 3.57. The molecule has 0 unspecified atom stereocenters. The molecule has 4 rings (SSSR count). The number of amides is 2. The van der Waals surface area contributed by atoms with Crippen LogP contribution in [0.3, 0.4) is 0 Å². The Hall–Kier alpha value is -3.29. The van der Waals surface area contributed by atoms with Gasteiger partial charge in [-0.3, -0.25) is 14.7 Å². The zero-order valence-electron chi connectivity index (χ0n) is 15.0. The number of aromatic nitrogens is 2. The number of carbonyl (C=O) groups is 2. The van der Waals surface area contributed by atoms with Crippen molar-refractivity contribution in [1.29, 1.82) is 0 Å². The van der Waals surface area contributed by atoms with Crippen LogP contribution in [-0.4, -0.2) is 34.0 Å². The number of fused-ring (bicyclic) bond motifs is 1. The molecule has 1 fully saturated rings. The maximum atomic E-state index is 13.4. The number of alkyl halides is 2. The van der Waals surface area contributed by atoms with E-state index in [0.717, 1.165) is 16.5 Å². The Morgan fingerprint density at radius 1 is 1.25 bits per heavy atom. The van der Waals surface area contributed by atoms with E-state index >= 15 is 0 Å². The molecule has 2 N–H and O–H groups in total. The molecule has 0 aliphatic carbocycles. The lowest BCUT2D eigenvalue weighted by Crippen LogP contribution is -2.46. The number of anilines is 1. The van der Waals surface area contributed by atoms with E-state index in [4.69, 9.17) is 0 Å². The topological polar surface area (TPSA) is 78.1 Å². The maximum Gasteiger partial charge on any atom is 0.321 e. The summed E-state index contributed by atoms with van der Waals surface area (Å²) in [5.74, 6) is -5.16. The summed E-state index contributed by atoms with van der Waals surface area (Å²) >= 11 is 0. The van der Waals surface area contributed by atoms with Gasteiger partial charge in [-0.1, -0.05) is 30.3 Å². The summed E-state index contributed by atoms with van der Waals surface area (Å²) in [5.41, 5.74) is 2.19.